The first-order chi connectivity index (χ1) is 12.0. The number of para-hydroxylation sites is 2. The number of phenolic OH excluding ortho intramolecular Hbond substituents is 1. The molecule has 0 spiro atoms. The SMILES string of the molecule is COc1ccccc1NC(=O)C1CC(c2cc(C)cc(C)c2O)NN1. The molecule has 2 atom stereocenters. The lowest BCUT2D eigenvalue weighted by Crippen LogP contribution is -2.39. The van der Waals surface area contributed by atoms with Gasteiger partial charge >= 0.3 is 0 Å². The maximum atomic E-state index is 12.5. The van der Waals surface area contributed by atoms with Crippen molar-refractivity contribution in [2.75, 3.05) is 12.4 Å². The maximum absolute atomic E-state index is 12.5. The third-order valence-electron chi connectivity index (χ3n) is 4.43. The topological polar surface area (TPSA) is 82.6 Å². The molecule has 2 aromatic rings. The van der Waals surface area contributed by atoms with Gasteiger partial charge in [-0.1, -0.05) is 29.8 Å². The third-order valence-corrected chi connectivity index (χ3v) is 4.43. The van der Waals surface area contributed by atoms with Crippen LogP contribution in [0.4, 0.5) is 5.69 Å². The van der Waals surface area contributed by atoms with E-state index in [-0.39, 0.29) is 17.7 Å². The van der Waals surface area contributed by atoms with Crippen LogP contribution in [0, 0.1) is 13.8 Å². The van der Waals surface area contributed by atoms with E-state index in [0.717, 1.165) is 16.7 Å². The molecule has 2 aromatic carbocycles. The number of hydrogen-bond donors (Lipinski definition) is 4. The molecule has 4 N–H and O–H groups in total. The van der Waals surface area contributed by atoms with Crippen molar-refractivity contribution in [2.24, 2.45) is 0 Å². The van der Waals surface area contributed by atoms with Crippen LogP contribution in [0.5, 0.6) is 11.5 Å². The van der Waals surface area contributed by atoms with Crippen LogP contribution in [0.15, 0.2) is 36.4 Å². The van der Waals surface area contributed by atoms with E-state index in [2.05, 4.69) is 16.2 Å². The average molecular weight is 341 g/mol. The second-order valence-corrected chi connectivity index (χ2v) is 6.34. The van der Waals surface area contributed by atoms with Crippen molar-refractivity contribution in [1.29, 1.82) is 0 Å². The first kappa shape index (κ1) is 17.3. The fraction of sp³-hybridized carbons (Fsp3) is 0.316. The molecule has 0 aliphatic carbocycles. The van der Waals surface area contributed by atoms with Gasteiger partial charge in [-0.15, -0.1) is 0 Å². The molecule has 1 heterocycles. The number of anilines is 1. The van der Waals surface area contributed by atoms with E-state index in [1.807, 2.05) is 38.1 Å². The number of nitrogens with one attached hydrogen (secondary N) is 3. The first-order valence-corrected chi connectivity index (χ1v) is 8.24. The standard InChI is InChI=1S/C19H23N3O3/c1-11-8-12(2)18(23)13(9-11)15-10-16(22-21-15)19(24)20-14-6-4-5-7-17(14)25-3/h4-9,15-16,21-23H,10H2,1-3H3,(H,20,24). The number of benzene rings is 2. The number of hydrazine groups is 1. The molecule has 1 saturated heterocycles. The number of aryl methyl sites for hydroxylation is 2. The Morgan fingerprint density at radius 2 is 2.00 bits per heavy atom. The molecule has 0 bridgehead atoms. The fourth-order valence-corrected chi connectivity index (χ4v) is 3.16. The molecule has 132 valence electrons. The van der Waals surface area contributed by atoms with Crippen LogP contribution < -0.4 is 20.9 Å². The second-order valence-electron chi connectivity index (χ2n) is 6.34. The van der Waals surface area contributed by atoms with E-state index < -0.39 is 6.04 Å². The second kappa shape index (κ2) is 7.13. The summed E-state index contributed by atoms with van der Waals surface area (Å²) in [4.78, 5) is 12.5. The molecule has 6 nitrogen and oxygen atoms in total. The number of aromatic hydroxyl groups is 1. The number of carbonyl (C=O) groups excluding carboxylic acids is 1. The summed E-state index contributed by atoms with van der Waals surface area (Å²) in [6.07, 6.45) is 0.539. The van der Waals surface area contributed by atoms with Crippen molar-refractivity contribution in [2.45, 2.75) is 32.4 Å². The predicted octanol–water partition coefficient (Wildman–Crippen LogP) is 2.56. The summed E-state index contributed by atoms with van der Waals surface area (Å²) >= 11 is 0. The van der Waals surface area contributed by atoms with Crippen molar-refractivity contribution in [3.05, 3.63) is 53.1 Å². The highest BCUT2D eigenvalue weighted by Crippen LogP contribution is 2.33. The minimum absolute atomic E-state index is 0.132. The van der Waals surface area contributed by atoms with Crippen molar-refractivity contribution in [3.8, 4) is 11.5 Å². The molecular weight excluding hydrogens is 318 g/mol. The fourth-order valence-electron chi connectivity index (χ4n) is 3.16. The number of methoxy groups -OCH3 is 1. The molecule has 25 heavy (non-hydrogen) atoms. The van der Waals surface area contributed by atoms with Crippen LogP contribution >= 0.6 is 0 Å². The van der Waals surface area contributed by atoms with Gasteiger partial charge in [0.15, 0.2) is 0 Å². The summed E-state index contributed by atoms with van der Waals surface area (Å²) < 4.78 is 5.26. The molecule has 2 unspecified atom stereocenters. The summed E-state index contributed by atoms with van der Waals surface area (Å²) in [6.45, 7) is 3.87. The highest BCUT2D eigenvalue weighted by atomic mass is 16.5. The number of rotatable bonds is 4. The molecule has 6 heteroatoms. The van der Waals surface area contributed by atoms with Crippen molar-refractivity contribution >= 4 is 11.6 Å². The number of hydrogen-bond acceptors (Lipinski definition) is 5. The zero-order valence-electron chi connectivity index (χ0n) is 14.6. The van der Waals surface area contributed by atoms with Crippen LogP contribution in [0.1, 0.15) is 29.2 Å². The first-order valence-electron chi connectivity index (χ1n) is 8.24. The van der Waals surface area contributed by atoms with Crippen molar-refractivity contribution in [3.63, 3.8) is 0 Å². The Bertz CT molecular complexity index is 791. The van der Waals surface area contributed by atoms with Gasteiger partial charge in [0.25, 0.3) is 0 Å². The maximum Gasteiger partial charge on any atom is 0.243 e. The van der Waals surface area contributed by atoms with Gasteiger partial charge in [0.1, 0.15) is 17.5 Å². The van der Waals surface area contributed by atoms with E-state index in [9.17, 15) is 9.90 Å². The summed E-state index contributed by atoms with van der Waals surface area (Å²) in [7, 11) is 1.57. The van der Waals surface area contributed by atoms with E-state index >= 15 is 0 Å². The molecular formula is C19H23N3O3. The zero-order valence-corrected chi connectivity index (χ0v) is 14.6. The van der Waals surface area contributed by atoms with Gasteiger partial charge in [-0.3, -0.25) is 4.79 Å². The van der Waals surface area contributed by atoms with E-state index in [1.165, 1.54) is 0 Å². The highest BCUT2D eigenvalue weighted by Gasteiger charge is 2.32. The van der Waals surface area contributed by atoms with Crippen LogP contribution in [0.25, 0.3) is 0 Å². The van der Waals surface area contributed by atoms with Gasteiger partial charge in [0, 0.05) is 5.56 Å². The smallest absolute Gasteiger partial charge is 0.243 e. The summed E-state index contributed by atoms with van der Waals surface area (Å²) in [6, 6.07) is 10.6. The molecule has 0 aromatic heterocycles. The number of carbonyl (C=O) groups is 1. The zero-order chi connectivity index (χ0) is 18.0. The number of amides is 1. The van der Waals surface area contributed by atoms with Gasteiger partial charge in [-0.05, 0) is 38.0 Å². The Morgan fingerprint density at radius 1 is 1.24 bits per heavy atom. The molecule has 1 aliphatic rings. The van der Waals surface area contributed by atoms with Gasteiger partial charge in [0.2, 0.25) is 5.91 Å². The quantitative estimate of drug-likeness (QED) is 0.687. The lowest BCUT2D eigenvalue weighted by atomic mass is 9.96. The van der Waals surface area contributed by atoms with Crippen LogP contribution in [0.3, 0.4) is 0 Å². The lowest BCUT2D eigenvalue weighted by molar-refractivity contribution is -0.117. The highest BCUT2D eigenvalue weighted by molar-refractivity contribution is 5.96. The Hall–Kier alpha value is -2.57. The number of ether oxygens (including phenoxy) is 1. The van der Waals surface area contributed by atoms with Gasteiger partial charge in [-0.25, -0.2) is 10.9 Å². The Labute approximate surface area is 147 Å². The third kappa shape index (κ3) is 3.60. The monoisotopic (exact) mass is 341 g/mol. The van der Waals surface area contributed by atoms with Crippen LogP contribution in [0.2, 0.25) is 0 Å². The molecule has 1 amide bonds. The van der Waals surface area contributed by atoms with E-state index in [1.54, 1.807) is 19.2 Å². The minimum Gasteiger partial charge on any atom is -0.507 e. The molecule has 1 fully saturated rings. The van der Waals surface area contributed by atoms with Gasteiger partial charge in [0.05, 0.1) is 18.8 Å². The normalized spacial score (nSPS) is 19.6. The van der Waals surface area contributed by atoms with E-state index in [0.29, 0.717) is 17.9 Å². The lowest BCUT2D eigenvalue weighted by Gasteiger charge is -2.15. The van der Waals surface area contributed by atoms with Crippen LogP contribution in [-0.2, 0) is 4.79 Å². The van der Waals surface area contributed by atoms with E-state index in [4.69, 9.17) is 4.74 Å². The molecule has 0 saturated carbocycles. The summed E-state index contributed by atoms with van der Waals surface area (Å²) in [5.74, 6) is 0.740. The van der Waals surface area contributed by atoms with Gasteiger partial charge < -0.3 is 15.2 Å². The Morgan fingerprint density at radius 3 is 2.76 bits per heavy atom. The summed E-state index contributed by atoms with van der Waals surface area (Å²) in [5, 5.41) is 13.2. The molecule has 3 rings (SSSR count). The Balaban J connectivity index is 1.72. The molecule has 0 radical (unpaired) electrons. The van der Waals surface area contributed by atoms with Crippen molar-refractivity contribution in [1.82, 2.24) is 10.9 Å². The predicted molar refractivity (Wildman–Crippen MR) is 96.6 cm³/mol. The number of phenols is 1. The Kier molecular flexibility index (Phi) is 4.92. The average Bonchev–Trinajstić information content (AvgIpc) is 3.08. The minimum atomic E-state index is -0.407. The van der Waals surface area contributed by atoms with Crippen LogP contribution in [-0.4, -0.2) is 24.2 Å². The van der Waals surface area contributed by atoms with Gasteiger partial charge in [-0.2, -0.15) is 0 Å². The van der Waals surface area contributed by atoms with Crippen molar-refractivity contribution < 1.29 is 14.6 Å². The summed E-state index contributed by atoms with van der Waals surface area (Å²) in [5.41, 5.74) is 9.47. The molecule has 1 aliphatic heterocycles. The largest absolute Gasteiger partial charge is 0.507 e.